The van der Waals surface area contributed by atoms with Crippen molar-refractivity contribution in [3.05, 3.63) is 29.6 Å². The molecular formula is C12H17FO3. The monoisotopic (exact) mass is 228 g/mol. The summed E-state index contributed by atoms with van der Waals surface area (Å²) < 4.78 is 18.3. The minimum Gasteiger partial charge on any atom is -0.490 e. The van der Waals surface area contributed by atoms with Gasteiger partial charge in [0.1, 0.15) is 18.2 Å². The van der Waals surface area contributed by atoms with Gasteiger partial charge >= 0.3 is 0 Å². The smallest absolute Gasteiger partial charge is 0.125 e. The highest BCUT2D eigenvalue weighted by Gasteiger charge is 2.16. The Kier molecular flexibility index (Phi) is 3.88. The summed E-state index contributed by atoms with van der Waals surface area (Å²) in [5.74, 6) is -0.0370. The van der Waals surface area contributed by atoms with E-state index in [9.17, 15) is 14.6 Å². The van der Waals surface area contributed by atoms with Crippen LogP contribution < -0.4 is 4.74 Å². The van der Waals surface area contributed by atoms with Crippen LogP contribution in [-0.2, 0) is 0 Å². The second kappa shape index (κ2) is 4.80. The average Bonchev–Trinajstić information content (AvgIpc) is 2.14. The number of aliphatic hydroxyl groups is 2. The zero-order chi connectivity index (χ0) is 12.3. The van der Waals surface area contributed by atoms with Gasteiger partial charge in [0.15, 0.2) is 0 Å². The summed E-state index contributed by atoms with van der Waals surface area (Å²) in [6.07, 6.45) is -0.812. The Morgan fingerprint density at radius 2 is 2.06 bits per heavy atom. The average molecular weight is 228 g/mol. The Balaban J connectivity index is 2.87. The lowest BCUT2D eigenvalue weighted by atomic mass is 10.1. The highest BCUT2D eigenvalue weighted by atomic mass is 19.1. The Labute approximate surface area is 94.5 Å². The third-order valence-electron chi connectivity index (χ3n) is 2.00. The van der Waals surface area contributed by atoms with Gasteiger partial charge in [-0.25, -0.2) is 4.39 Å². The fourth-order valence-corrected chi connectivity index (χ4v) is 1.23. The minimum atomic E-state index is -0.968. The minimum absolute atomic E-state index is 0.0817. The lowest BCUT2D eigenvalue weighted by molar-refractivity contribution is 0.0272. The van der Waals surface area contributed by atoms with Crippen molar-refractivity contribution >= 4 is 0 Å². The summed E-state index contributed by atoms with van der Waals surface area (Å²) in [6.45, 7) is 4.83. The highest BCUT2D eigenvalue weighted by Crippen LogP contribution is 2.26. The maximum atomic E-state index is 13.0. The molecule has 2 N–H and O–H groups in total. The highest BCUT2D eigenvalue weighted by molar-refractivity contribution is 5.35. The van der Waals surface area contributed by atoms with Gasteiger partial charge in [-0.2, -0.15) is 0 Å². The summed E-state index contributed by atoms with van der Waals surface area (Å²) in [5.41, 5.74) is -0.589. The molecule has 0 heterocycles. The molecule has 90 valence electrons. The molecule has 0 aromatic heterocycles. The molecule has 0 saturated heterocycles. The van der Waals surface area contributed by atoms with E-state index in [1.54, 1.807) is 13.8 Å². The lowest BCUT2D eigenvalue weighted by Gasteiger charge is -2.20. The molecule has 0 amide bonds. The van der Waals surface area contributed by atoms with Crippen LogP contribution in [0.15, 0.2) is 18.2 Å². The normalized spacial score (nSPS) is 13.6. The number of benzene rings is 1. The van der Waals surface area contributed by atoms with Crippen molar-refractivity contribution in [2.75, 3.05) is 6.61 Å². The summed E-state index contributed by atoms with van der Waals surface area (Å²) in [5, 5.41) is 19.0. The quantitative estimate of drug-likeness (QED) is 0.829. The van der Waals surface area contributed by atoms with E-state index >= 15 is 0 Å². The van der Waals surface area contributed by atoms with Crippen LogP contribution in [0.2, 0.25) is 0 Å². The topological polar surface area (TPSA) is 49.7 Å². The summed E-state index contributed by atoms with van der Waals surface area (Å²) in [4.78, 5) is 0. The Bertz CT molecular complexity index is 356. The fraction of sp³-hybridized carbons (Fsp3) is 0.500. The predicted molar refractivity (Wildman–Crippen MR) is 58.8 cm³/mol. The van der Waals surface area contributed by atoms with Gasteiger partial charge in [-0.05, 0) is 39.0 Å². The van der Waals surface area contributed by atoms with Crippen molar-refractivity contribution in [1.29, 1.82) is 0 Å². The van der Waals surface area contributed by atoms with E-state index in [1.807, 2.05) is 0 Å². The molecule has 1 unspecified atom stereocenters. The van der Waals surface area contributed by atoms with Crippen molar-refractivity contribution < 1.29 is 19.3 Å². The first kappa shape index (κ1) is 12.9. The van der Waals surface area contributed by atoms with Gasteiger partial charge in [0.25, 0.3) is 0 Å². The molecule has 0 aliphatic rings. The number of hydrogen-bond acceptors (Lipinski definition) is 3. The molecule has 0 aliphatic carbocycles. The Morgan fingerprint density at radius 1 is 1.44 bits per heavy atom. The van der Waals surface area contributed by atoms with E-state index in [2.05, 4.69) is 0 Å². The van der Waals surface area contributed by atoms with Crippen LogP contribution in [0.4, 0.5) is 4.39 Å². The molecule has 1 atom stereocenters. The van der Waals surface area contributed by atoms with E-state index in [-0.39, 0.29) is 6.61 Å². The van der Waals surface area contributed by atoms with E-state index in [4.69, 9.17) is 4.74 Å². The number of hydrogen-bond donors (Lipinski definition) is 2. The van der Waals surface area contributed by atoms with Gasteiger partial charge in [-0.3, -0.25) is 0 Å². The lowest BCUT2D eigenvalue weighted by Crippen LogP contribution is -2.28. The second-order valence-electron chi connectivity index (χ2n) is 4.46. The third-order valence-corrected chi connectivity index (χ3v) is 2.00. The molecule has 0 saturated carbocycles. The van der Waals surface area contributed by atoms with Crippen LogP contribution >= 0.6 is 0 Å². The first-order valence-corrected chi connectivity index (χ1v) is 5.12. The van der Waals surface area contributed by atoms with Crippen LogP contribution in [-0.4, -0.2) is 22.4 Å². The molecule has 1 aromatic carbocycles. The molecule has 0 radical (unpaired) electrons. The van der Waals surface area contributed by atoms with Gasteiger partial charge in [-0.15, -0.1) is 0 Å². The molecule has 0 spiro atoms. The first-order chi connectivity index (χ1) is 7.29. The zero-order valence-corrected chi connectivity index (χ0v) is 9.70. The third kappa shape index (κ3) is 3.79. The standard InChI is InChI=1S/C12H17FO3/c1-8(14)10-6-9(13)4-5-11(10)16-7-12(2,3)15/h4-6,8,14-15H,7H2,1-3H3. The van der Waals surface area contributed by atoms with Gasteiger partial charge in [-0.1, -0.05) is 0 Å². The molecule has 0 aliphatic heterocycles. The van der Waals surface area contributed by atoms with Crippen LogP contribution in [0.3, 0.4) is 0 Å². The van der Waals surface area contributed by atoms with E-state index < -0.39 is 17.5 Å². The molecule has 3 nitrogen and oxygen atoms in total. The number of ether oxygens (including phenoxy) is 1. The Morgan fingerprint density at radius 3 is 2.56 bits per heavy atom. The SMILES string of the molecule is CC(O)c1cc(F)ccc1OCC(C)(C)O. The van der Waals surface area contributed by atoms with E-state index in [0.29, 0.717) is 11.3 Å². The molecule has 4 heteroatoms. The fourth-order valence-electron chi connectivity index (χ4n) is 1.23. The number of aliphatic hydroxyl groups excluding tert-OH is 1. The molecule has 1 rings (SSSR count). The molecule has 16 heavy (non-hydrogen) atoms. The van der Waals surface area contributed by atoms with Crippen LogP contribution in [0, 0.1) is 5.82 Å². The molecule has 0 fully saturated rings. The van der Waals surface area contributed by atoms with Crippen molar-refractivity contribution in [1.82, 2.24) is 0 Å². The summed E-state index contributed by atoms with van der Waals surface area (Å²) >= 11 is 0. The van der Waals surface area contributed by atoms with Crippen LogP contribution in [0.25, 0.3) is 0 Å². The van der Waals surface area contributed by atoms with Crippen molar-refractivity contribution in [3.8, 4) is 5.75 Å². The summed E-state index contributed by atoms with van der Waals surface area (Å²) in [7, 11) is 0. The van der Waals surface area contributed by atoms with Gasteiger partial charge in [0.05, 0.1) is 11.7 Å². The first-order valence-electron chi connectivity index (χ1n) is 5.12. The van der Waals surface area contributed by atoms with Gasteiger partial charge in [0, 0.05) is 5.56 Å². The summed E-state index contributed by atoms with van der Waals surface area (Å²) in [6, 6.07) is 3.93. The molecule has 0 bridgehead atoms. The Hall–Kier alpha value is -1.13. The van der Waals surface area contributed by atoms with Crippen molar-refractivity contribution in [2.24, 2.45) is 0 Å². The van der Waals surface area contributed by atoms with Gasteiger partial charge < -0.3 is 14.9 Å². The second-order valence-corrected chi connectivity index (χ2v) is 4.46. The van der Waals surface area contributed by atoms with E-state index in [1.165, 1.54) is 25.1 Å². The predicted octanol–water partition coefficient (Wildman–Crippen LogP) is 2.03. The number of rotatable bonds is 4. The van der Waals surface area contributed by atoms with Crippen molar-refractivity contribution in [3.63, 3.8) is 0 Å². The number of halogens is 1. The maximum Gasteiger partial charge on any atom is 0.125 e. The largest absolute Gasteiger partial charge is 0.490 e. The van der Waals surface area contributed by atoms with Crippen LogP contribution in [0.1, 0.15) is 32.4 Å². The molecule has 1 aromatic rings. The zero-order valence-electron chi connectivity index (χ0n) is 9.70. The van der Waals surface area contributed by atoms with Crippen molar-refractivity contribution in [2.45, 2.75) is 32.5 Å². The van der Waals surface area contributed by atoms with Gasteiger partial charge in [0.2, 0.25) is 0 Å². The molecular weight excluding hydrogens is 211 g/mol. The van der Waals surface area contributed by atoms with E-state index in [0.717, 1.165) is 0 Å². The van der Waals surface area contributed by atoms with Crippen LogP contribution in [0.5, 0.6) is 5.75 Å². The maximum absolute atomic E-state index is 13.0.